The number of Topliss-reactive ketones (excluding diaryl/α,β-unsaturated/α-hetero) is 1. The molecule has 0 bridgehead atoms. The van der Waals surface area contributed by atoms with Gasteiger partial charge in [0.15, 0.2) is 5.78 Å². The summed E-state index contributed by atoms with van der Waals surface area (Å²) in [5.74, 6) is -0.622. The lowest BCUT2D eigenvalue weighted by molar-refractivity contribution is -0.137. The Morgan fingerprint density at radius 1 is 1.33 bits per heavy atom. The van der Waals surface area contributed by atoms with Gasteiger partial charge in [-0.25, -0.2) is 4.79 Å². The predicted molar refractivity (Wildman–Crippen MR) is 68.4 cm³/mol. The van der Waals surface area contributed by atoms with Crippen molar-refractivity contribution in [2.75, 3.05) is 6.61 Å². The van der Waals surface area contributed by atoms with Gasteiger partial charge in [0.1, 0.15) is 5.75 Å². The Bertz CT molecular complexity index is 475. The molecule has 4 nitrogen and oxygen atoms in total. The number of hydrogen-bond donors (Lipinski definition) is 1. The zero-order valence-electron chi connectivity index (χ0n) is 10.5. The zero-order chi connectivity index (χ0) is 13.5. The summed E-state index contributed by atoms with van der Waals surface area (Å²) in [5, 5.41) is 9.56. The molecule has 0 amide bonds. The highest BCUT2D eigenvalue weighted by molar-refractivity contribution is 5.99. The minimum atomic E-state index is -0.436. The first-order valence-corrected chi connectivity index (χ1v) is 5.79. The van der Waals surface area contributed by atoms with Gasteiger partial charge in [-0.05, 0) is 30.7 Å². The van der Waals surface area contributed by atoms with Crippen molar-refractivity contribution < 1.29 is 19.4 Å². The molecule has 0 spiro atoms. The van der Waals surface area contributed by atoms with Gasteiger partial charge >= 0.3 is 5.97 Å². The normalized spacial score (nSPS) is 10.6. The lowest BCUT2D eigenvalue weighted by Crippen LogP contribution is -1.99. The van der Waals surface area contributed by atoms with E-state index >= 15 is 0 Å². The van der Waals surface area contributed by atoms with Crippen molar-refractivity contribution in [3.8, 4) is 5.75 Å². The number of phenols is 1. The molecule has 0 radical (unpaired) electrons. The largest absolute Gasteiger partial charge is 0.507 e. The maximum atomic E-state index is 11.6. The number of ketones is 1. The SMILES string of the molecule is CCOC(=O)C=Cc1ccc(O)c(C(=O)CC)c1. The summed E-state index contributed by atoms with van der Waals surface area (Å²) in [6.45, 7) is 3.77. The van der Waals surface area contributed by atoms with Gasteiger partial charge < -0.3 is 9.84 Å². The smallest absolute Gasteiger partial charge is 0.330 e. The van der Waals surface area contributed by atoms with Crippen LogP contribution in [0.2, 0.25) is 0 Å². The van der Waals surface area contributed by atoms with Crippen molar-refractivity contribution in [3.63, 3.8) is 0 Å². The van der Waals surface area contributed by atoms with Crippen LogP contribution in [-0.4, -0.2) is 23.5 Å². The van der Waals surface area contributed by atoms with E-state index in [1.54, 1.807) is 32.1 Å². The van der Waals surface area contributed by atoms with E-state index in [4.69, 9.17) is 4.74 Å². The molecular formula is C14H16O4. The van der Waals surface area contributed by atoms with E-state index in [0.29, 0.717) is 18.6 Å². The number of hydrogen-bond acceptors (Lipinski definition) is 4. The molecule has 1 rings (SSSR count). The molecule has 0 aliphatic carbocycles. The maximum Gasteiger partial charge on any atom is 0.330 e. The topological polar surface area (TPSA) is 63.6 Å². The van der Waals surface area contributed by atoms with E-state index in [-0.39, 0.29) is 17.1 Å². The minimum Gasteiger partial charge on any atom is -0.507 e. The van der Waals surface area contributed by atoms with E-state index in [2.05, 4.69) is 0 Å². The van der Waals surface area contributed by atoms with E-state index in [1.807, 2.05) is 0 Å². The maximum absolute atomic E-state index is 11.6. The Morgan fingerprint density at radius 3 is 2.67 bits per heavy atom. The molecule has 0 saturated carbocycles. The van der Waals surface area contributed by atoms with Gasteiger partial charge in [-0.15, -0.1) is 0 Å². The lowest BCUT2D eigenvalue weighted by Gasteiger charge is -2.03. The first-order valence-electron chi connectivity index (χ1n) is 5.79. The number of aromatic hydroxyl groups is 1. The first kappa shape index (κ1) is 14.0. The average molecular weight is 248 g/mol. The van der Waals surface area contributed by atoms with E-state index in [1.165, 1.54) is 12.1 Å². The highest BCUT2D eigenvalue weighted by Crippen LogP contribution is 2.20. The van der Waals surface area contributed by atoms with Crippen LogP contribution in [-0.2, 0) is 9.53 Å². The third-order valence-corrected chi connectivity index (χ3v) is 2.34. The molecule has 0 fully saturated rings. The van der Waals surface area contributed by atoms with E-state index in [0.717, 1.165) is 0 Å². The van der Waals surface area contributed by atoms with Crippen LogP contribution in [0.25, 0.3) is 6.08 Å². The molecule has 0 aliphatic heterocycles. The number of carbonyl (C=O) groups is 2. The van der Waals surface area contributed by atoms with Crippen LogP contribution in [0.3, 0.4) is 0 Å². The molecule has 0 aliphatic rings. The Labute approximate surface area is 106 Å². The zero-order valence-corrected chi connectivity index (χ0v) is 10.5. The summed E-state index contributed by atoms with van der Waals surface area (Å²) < 4.78 is 4.74. The molecular weight excluding hydrogens is 232 g/mol. The molecule has 18 heavy (non-hydrogen) atoms. The van der Waals surface area contributed by atoms with Crippen LogP contribution in [0.15, 0.2) is 24.3 Å². The summed E-state index contributed by atoms with van der Waals surface area (Å²) in [6, 6.07) is 4.61. The monoisotopic (exact) mass is 248 g/mol. The molecule has 0 aromatic heterocycles. The van der Waals surface area contributed by atoms with Crippen molar-refractivity contribution in [2.45, 2.75) is 20.3 Å². The van der Waals surface area contributed by atoms with Gasteiger partial charge in [0.2, 0.25) is 0 Å². The Morgan fingerprint density at radius 2 is 2.06 bits per heavy atom. The second-order valence-corrected chi connectivity index (χ2v) is 3.64. The summed E-state index contributed by atoms with van der Waals surface area (Å²) >= 11 is 0. The number of carbonyl (C=O) groups excluding carboxylic acids is 2. The lowest BCUT2D eigenvalue weighted by atomic mass is 10.0. The summed E-state index contributed by atoms with van der Waals surface area (Å²) in [7, 11) is 0. The number of phenolic OH excluding ortho intramolecular Hbond substituents is 1. The quantitative estimate of drug-likeness (QED) is 0.494. The van der Waals surface area contributed by atoms with Crippen molar-refractivity contribution in [3.05, 3.63) is 35.4 Å². The number of benzene rings is 1. The second kappa shape index (κ2) is 6.59. The summed E-state index contributed by atoms with van der Waals surface area (Å²) in [4.78, 5) is 22.7. The van der Waals surface area contributed by atoms with Crippen LogP contribution >= 0.6 is 0 Å². The fourth-order valence-electron chi connectivity index (χ4n) is 1.43. The fraction of sp³-hybridized carbons (Fsp3) is 0.286. The predicted octanol–water partition coefficient (Wildman–Crippen LogP) is 2.56. The number of rotatable bonds is 5. The molecule has 0 unspecified atom stereocenters. The van der Waals surface area contributed by atoms with Gasteiger partial charge in [-0.2, -0.15) is 0 Å². The van der Waals surface area contributed by atoms with Gasteiger partial charge in [-0.1, -0.05) is 13.0 Å². The van der Waals surface area contributed by atoms with Crippen molar-refractivity contribution in [1.29, 1.82) is 0 Å². The number of ether oxygens (including phenoxy) is 1. The third-order valence-electron chi connectivity index (χ3n) is 2.34. The van der Waals surface area contributed by atoms with Crippen LogP contribution in [0.1, 0.15) is 36.2 Å². The van der Waals surface area contributed by atoms with Crippen LogP contribution in [0.5, 0.6) is 5.75 Å². The van der Waals surface area contributed by atoms with Crippen molar-refractivity contribution in [2.24, 2.45) is 0 Å². The Kier molecular flexibility index (Phi) is 5.11. The highest BCUT2D eigenvalue weighted by Gasteiger charge is 2.09. The highest BCUT2D eigenvalue weighted by atomic mass is 16.5. The van der Waals surface area contributed by atoms with Crippen LogP contribution < -0.4 is 0 Å². The third kappa shape index (κ3) is 3.73. The molecule has 1 N–H and O–H groups in total. The number of esters is 1. The molecule has 0 saturated heterocycles. The standard InChI is InChI=1S/C14H16O4/c1-3-12(15)11-9-10(5-7-13(11)16)6-8-14(17)18-4-2/h5-9,16H,3-4H2,1-2H3. The second-order valence-electron chi connectivity index (χ2n) is 3.64. The van der Waals surface area contributed by atoms with Crippen LogP contribution in [0.4, 0.5) is 0 Å². The van der Waals surface area contributed by atoms with E-state index in [9.17, 15) is 14.7 Å². The molecule has 0 heterocycles. The van der Waals surface area contributed by atoms with Gasteiger partial charge in [-0.3, -0.25) is 4.79 Å². The summed E-state index contributed by atoms with van der Waals surface area (Å²) in [5.41, 5.74) is 0.932. The van der Waals surface area contributed by atoms with E-state index < -0.39 is 5.97 Å². The summed E-state index contributed by atoms with van der Waals surface area (Å²) in [6.07, 6.45) is 3.15. The fourth-order valence-corrected chi connectivity index (χ4v) is 1.43. The van der Waals surface area contributed by atoms with Gasteiger partial charge in [0, 0.05) is 12.5 Å². The Hall–Kier alpha value is -2.10. The molecule has 0 atom stereocenters. The molecule has 1 aromatic carbocycles. The molecule has 1 aromatic rings. The Balaban J connectivity index is 2.92. The van der Waals surface area contributed by atoms with Gasteiger partial charge in [0.25, 0.3) is 0 Å². The molecule has 96 valence electrons. The van der Waals surface area contributed by atoms with Crippen molar-refractivity contribution >= 4 is 17.8 Å². The minimum absolute atomic E-state index is 0.0462. The molecule has 4 heteroatoms. The first-order chi connectivity index (χ1) is 8.58. The van der Waals surface area contributed by atoms with Crippen molar-refractivity contribution in [1.82, 2.24) is 0 Å². The van der Waals surface area contributed by atoms with Gasteiger partial charge in [0.05, 0.1) is 12.2 Å². The van der Waals surface area contributed by atoms with Crippen LogP contribution in [0, 0.1) is 0 Å². The average Bonchev–Trinajstić information content (AvgIpc) is 2.37.